The Bertz CT molecular complexity index is 251. The van der Waals surface area contributed by atoms with E-state index in [0.717, 1.165) is 0 Å². The molecular formula is C8H6Cl2F2. The quantitative estimate of drug-likeness (QED) is 0.654. The van der Waals surface area contributed by atoms with E-state index >= 15 is 0 Å². The molecule has 1 aromatic rings. The minimum Gasteiger partial charge on any atom is -0.188 e. The average Bonchev–Trinajstić information content (AvgIpc) is 1.91. The minimum absolute atomic E-state index is 0.467. The fourth-order valence-corrected chi connectivity index (χ4v) is 1.11. The third-order valence-corrected chi connectivity index (χ3v) is 1.70. The molecule has 66 valence electrons. The van der Waals surface area contributed by atoms with Crippen LogP contribution in [0.1, 0.15) is 5.56 Å². The van der Waals surface area contributed by atoms with Crippen molar-refractivity contribution in [1.82, 2.24) is 0 Å². The molecule has 0 heterocycles. The van der Waals surface area contributed by atoms with Gasteiger partial charge in [-0.15, -0.1) is 0 Å². The van der Waals surface area contributed by atoms with E-state index in [9.17, 15) is 8.78 Å². The topological polar surface area (TPSA) is 0 Å². The van der Waals surface area contributed by atoms with Crippen LogP contribution in [-0.4, -0.2) is 5.38 Å². The standard InChI is InChI=1S/C8H6Cl2F2/c9-7-3-1-6(2-4-7)5-8(10,11)12/h1-4H,5H2. The van der Waals surface area contributed by atoms with Crippen LogP contribution in [0.4, 0.5) is 8.78 Å². The number of rotatable bonds is 2. The molecular weight excluding hydrogens is 205 g/mol. The highest BCUT2D eigenvalue weighted by molar-refractivity contribution is 6.30. The number of benzene rings is 1. The van der Waals surface area contributed by atoms with Gasteiger partial charge < -0.3 is 0 Å². The fraction of sp³-hybridized carbons (Fsp3) is 0.250. The molecule has 1 rings (SSSR count). The van der Waals surface area contributed by atoms with Crippen LogP contribution in [0.5, 0.6) is 0 Å². The van der Waals surface area contributed by atoms with E-state index in [1.807, 2.05) is 0 Å². The molecule has 0 atom stereocenters. The van der Waals surface area contributed by atoms with Gasteiger partial charge in [-0.25, -0.2) is 0 Å². The first-order valence-corrected chi connectivity index (χ1v) is 4.04. The summed E-state index contributed by atoms with van der Waals surface area (Å²) in [6.07, 6.45) is -0.467. The first-order valence-electron chi connectivity index (χ1n) is 3.28. The van der Waals surface area contributed by atoms with E-state index in [0.29, 0.717) is 10.6 Å². The third kappa shape index (κ3) is 3.37. The van der Waals surface area contributed by atoms with Gasteiger partial charge in [-0.1, -0.05) is 23.7 Å². The maximum atomic E-state index is 12.2. The normalized spacial score (nSPS) is 11.7. The fourth-order valence-electron chi connectivity index (χ4n) is 0.834. The van der Waals surface area contributed by atoms with Crippen molar-refractivity contribution in [3.8, 4) is 0 Å². The van der Waals surface area contributed by atoms with Crippen LogP contribution < -0.4 is 0 Å². The lowest BCUT2D eigenvalue weighted by Crippen LogP contribution is -2.09. The van der Waals surface area contributed by atoms with Crippen molar-refractivity contribution in [1.29, 1.82) is 0 Å². The van der Waals surface area contributed by atoms with Crippen LogP contribution in [-0.2, 0) is 6.42 Å². The van der Waals surface area contributed by atoms with E-state index in [-0.39, 0.29) is 0 Å². The molecule has 0 aliphatic carbocycles. The highest BCUT2D eigenvalue weighted by Crippen LogP contribution is 2.24. The van der Waals surface area contributed by atoms with Gasteiger partial charge in [0.25, 0.3) is 0 Å². The van der Waals surface area contributed by atoms with Gasteiger partial charge in [0.2, 0.25) is 0 Å². The third-order valence-electron chi connectivity index (χ3n) is 1.32. The molecule has 0 saturated heterocycles. The van der Waals surface area contributed by atoms with Crippen molar-refractivity contribution >= 4 is 23.2 Å². The molecule has 0 N–H and O–H groups in total. The van der Waals surface area contributed by atoms with E-state index in [2.05, 4.69) is 0 Å². The molecule has 12 heavy (non-hydrogen) atoms. The Labute approximate surface area is 79.1 Å². The first-order chi connectivity index (χ1) is 5.47. The van der Waals surface area contributed by atoms with E-state index < -0.39 is 11.8 Å². The molecule has 0 aromatic heterocycles. The Hall–Kier alpha value is -0.340. The number of halogens is 4. The molecule has 0 radical (unpaired) electrons. The molecule has 0 nitrogen and oxygen atoms in total. The second-order valence-electron chi connectivity index (χ2n) is 2.42. The number of hydrogen-bond acceptors (Lipinski definition) is 0. The molecule has 0 aliphatic heterocycles. The average molecular weight is 211 g/mol. The zero-order chi connectivity index (χ0) is 9.19. The smallest absolute Gasteiger partial charge is 0.188 e. The van der Waals surface area contributed by atoms with Crippen molar-refractivity contribution < 1.29 is 8.78 Å². The van der Waals surface area contributed by atoms with Gasteiger partial charge in [-0.3, -0.25) is 0 Å². The minimum atomic E-state index is -3.17. The Kier molecular flexibility index (Phi) is 2.91. The van der Waals surface area contributed by atoms with Crippen LogP contribution in [0, 0.1) is 0 Å². The Balaban J connectivity index is 2.71. The first kappa shape index (κ1) is 9.75. The van der Waals surface area contributed by atoms with Gasteiger partial charge in [0.05, 0.1) is 6.42 Å². The summed E-state index contributed by atoms with van der Waals surface area (Å²) in [5.41, 5.74) is 0.472. The predicted octanol–water partition coefficient (Wildman–Crippen LogP) is 3.71. The summed E-state index contributed by atoms with van der Waals surface area (Å²) in [6.45, 7) is 0. The molecule has 0 aliphatic rings. The lowest BCUT2D eigenvalue weighted by atomic mass is 10.2. The van der Waals surface area contributed by atoms with Crippen LogP contribution >= 0.6 is 23.2 Å². The Morgan fingerprint density at radius 3 is 2.08 bits per heavy atom. The molecule has 0 fully saturated rings. The summed E-state index contributed by atoms with van der Waals surface area (Å²) in [5.74, 6) is 0. The molecule has 4 heteroatoms. The van der Waals surface area contributed by atoms with Gasteiger partial charge >= 0.3 is 5.38 Å². The highest BCUT2D eigenvalue weighted by Gasteiger charge is 2.24. The molecule has 0 bridgehead atoms. The SMILES string of the molecule is FC(F)(Cl)Cc1ccc(Cl)cc1. The Morgan fingerprint density at radius 2 is 1.67 bits per heavy atom. The summed E-state index contributed by atoms with van der Waals surface area (Å²) in [4.78, 5) is 0. The highest BCUT2D eigenvalue weighted by atomic mass is 35.5. The summed E-state index contributed by atoms with van der Waals surface area (Å²) in [7, 11) is 0. The molecule has 0 amide bonds. The van der Waals surface area contributed by atoms with Gasteiger partial charge in [-0.05, 0) is 29.3 Å². The zero-order valence-corrected chi connectivity index (χ0v) is 7.54. The lowest BCUT2D eigenvalue weighted by molar-refractivity contribution is 0.0970. The van der Waals surface area contributed by atoms with E-state index in [1.54, 1.807) is 12.1 Å². The van der Waals surface area contributed by atoms with Crippen LogP contribution in [0.15, 0.2) is 24.3 Å². The maximum absolute atomic E-state index is 12.2. The summed E-state index contributed by atoms with van der Waals surface area (Å²) >= 11 is 10.3. The predicted molar refractivity (Wildman–Crippen MR) is 46.0 cm³/mol. The monoisotopic (exact) mass is 210 g/mol. The summed E-state index contributed by atoms with van der Waals surface area (Å²) < 4.78 is 24.5. The molecule has 1 aromatic carbocycles. The van der Waals surface area contributed by atoms with E-state index in [1.165, 1.54) is 12.1 Å². The second kappa shape index (κ2) is 3.58. The maximum Gasteiger partial charge on any atom is 0.325 e. The Morgan fingerprint density at radius 1 is 1.17 bits per heavy atom. The number of alkyl halides is 3. The van der Waals surface area contributed by atoms with Crippen molar-refractivity contribution in [2.75, 3.05) is 0 Å². The van der Waals surface area contributed by atoms with E-state index in [4.69, 9.17) is 23.2 Å². The van der Waals surface area contributed by atoms with Crippen molar-refractivity contribution in [2.45, 2.75) is 11.8 Å². The second-order valence-corrected chi connectivity index (χ2v) is 3.41. The van der Waals surface area contributed by atoms with Crippen LogP contribution in [0.2, 0.25) is 5.02 Å². The van der Waals surface area contributed by atoms with Gasteiger partial charge in [0.15, 0.2) is 0 Å². The molecule has 0 saturated carbocycles. The van der Waals surface area contributed by atoms with Crippen molar-refractivity contribution in [3.63, 3.8) is 0 Å². The van der Waals surface area contributed by atoms with Crippen LogP contribution in [0.25, 0.3) is 0 Å². The molecule has 0 unspecified atom stereocenters. The van der Waals surface area contributed by atoms with Crippen LogP contribution in [0.3, 0.4) is 0 Å². The largest absolute Gasteiger partial charge is 0.325 e. The summed E-state index contributed by atoms with van der Waals surface area (Å²) in [6, 6.07) is 6.16. The van der Waals surface area contributed by atoms with Gasteiger partial charge in [-0.2, -0.15) is 8.78 Å². The van der Waals surface area contributed by atoms with Crippen molar-refractivity contribution in [3.05, 3.63) is 34.9 Å². The molecule has 0 spiro atoms. The lowest BCUT2D eigenvalue weighted by Gasteiger charge is -2.06. The zero-order valence-electron chi connectivity index (χ0n) is 6.03. The number of hydrogen-bond donors (Lipinski definition) is 0. The van der Waals surface area contributed by atoms with Gasteiger partial charge in [0.1, 0.15) is 0 Å². The van der Waals surface area contributed by atoms with Crippen molar-refractivity contribution in [2.24, 2.45) is 0 Å². The van der Waals surface area contributed by atoms with Gasteiger partial charge in [0, 0.05) is 5.02 Å². The summed E-state index contributed by atoms with van der Waals surface area (Å²) in [5, 5.41) is -2.65.